The van der Waals surface area contributed by atoms with E-state index >= 15 is 0 Å². The molecule has 110 valence electrons. The number of rotatable bonds is 5. The summed E-state index contributed by atoms with van der Waals surface area (Å²) in [6.45, 7) is 5.74. The van der Waals surface area contributed by atoms with Crippen molar-refractivity contribution in [3.63, 3.8) is 0 Å². The lowest BCUT2D eigenvalue weighted by Crippen LogP contribution is -2.19. The first kappa shape index (κ1) is 14.8. The molecule has 0 radical (unpaired) electrons. The van der Waals surface area contributed by atoms with E-state index in [-0.39, 0.29) is 12.0 Å². The fraction of sp³-hybridized carbons (Fsp3) is 0.250. The number of carbonyl (C=O) groups excluding carboxylic acids is 1. The normalized spacial score (nSPS) is 11.5. The lowest BCUT2D eigenvalue weighted by atomic mass is 10.2. The van der Waals surface area contributed by atoms with Crippen LogP contribution in [0.3, 0.4) is 0 Å². The minimum absolute atomic E-state index is 0.109. The van der Waals surface area contributed by atoms with Gasteiger partial charge < -0.3 is 9.72 Å². The number of aromatic amines is 1. The molecule has 5 heteroatoms. The first-order chi connectivity index (χ1) is 10.1. The molecule has 1 aromatic heterocycles. The van der Waals surface area contributed by atoms with Crippen molar-refractivity contribution >= 4 is 11.6 Å². The number of hydrogen-bond donors (Lipinski definition) is 2. The SMILES string of the molecule is C/C(=N\NC(=O)c1ccc(OC(C)C)cc1)c1ccc[nH]1. The molecule has 0 spiro atoms. The van der Waals surface area contributed by atoms with Gasteiger partial charge in [0.05, 0.1) is 17.5 Å². The van der Waals surface area contributed by atoms with Crippen molar-refractivity contribution in [2.45, 2.75) is 26.9 Å². The van der Waals surface area contributed by atoms with Gasteiger partial charge in [0.15, 0.2) is 0 Å². The first-order valence-electron chi connectivity index (χ1n) is 6.81. The van der Waals surface area contributed by atoms with E-state index in [1.54, 1.807) is 24.3 Å². The quantitative estimate of drug-likeness (QED) is 0.655. The van der Waals surface area contributed by atoms with Gasteiger partial charge in [-0.2, -0.15) is 5.10 Å². The van der Waals surface area contributed by atoms with Gasteiger partial charge in [0, 0.05) is 11.8 Å². The van der Waals surface area contributed by atoms with Gasteiger partial charge in [0.25, 0.3) is 5.91 Å². The van der Waals surface area contributed by atoms with Crippen molar-refractivity contribution in [2.24, 2.45) is 5.10 Å². The minimum atomic E-state index is -0.253. The Labute approximate surface area is 124 Å². The van der Waals surface area contributed by atoms with Crippen LogP contribution in [0.15, 0.2) is 47.7 Å². The summed E-state index contributed by atoms with van der Waals surface area (Å²) in [5.74, 6) is 0.490. The highest BCUT2D eigenvalue weighted by molar-refractivity contribution is 5.99. The topological polar surface area (TPSA) is 66.5 Å². The monoisotopic (exact) mass is 285 g/mol. The molecule has 0 aliphatic heterocycles. The number of H-pyrrole nitrogens is 1. The van der Waals surface area contributed by atoms with Crippen molar-refractivity contribution in [3.8, 4) is 5.75 Å². The number of amides is 1. The zero-order chi connectivity index (χ0) is 15.2. The molecule has 0 atom stereocenters. The van der Waals surface area contributed by atoms with Crippen LogP contribution in [0.4, 0.5) is 0 Å². The molecule has 0 saturated heterocycles. The summed E-state index contributed by atoms with van der Waals surface area (Å²) in [5, 5.41) is 4.07. The lowest BCUT2D eigenvalue weighted by molar-refractivity contribution is 0.0955. The number of ether oxygens (including phenoxy) is 1. The second kappa shape index (κ2) is 6.74. The predicted octanol–water partition coefficient (Wildman–Crippen LogP) is 2.96. The maximum absolute atomic E-state index is 12.0. The van der Waals surface area contributed by atoms with Crippen molar-refractivity contribution in [3.05, 3.63) is 53.9 Å². The van der Waals surface area contributed by atoms with Crippen LogP contribution in [0.2, 0.25) is 0 Å². The second-order valence-corrected chi connectivity index (χ2v) is 4.91. The third kappa shape index (κ3) is 4.21. The number of carbonyl (C=O) groups is 1. The highest BCUT2D eigenvalue weighted by atomic mass is 16.5. The summed E-state index contributed by atoms with van der Waals surface area (Å²) in [6, 6.07) is 10.7. The standard InChI is InChI=1S/C16H19N3O2/c1-11(2)21-14-8-6-13(7-9-14)16(20)19-18-12(3)15-5-4-10-17-15/h4-11,17H,1-3H3,(H,19,20)/b18-12+. The second-order valence-electron chi connectivity index (χ2n) is 4.91. The molecule has 0 unspecified atom stereocenters. The van der Waals surface area contributed by atoms with Gasteiger partial charge >= 0.3 is 0 Å². The van der Waals surface area contributed by atoms with E-state index in [4.69, 9.17) is 4.74 Å². The van der Waals surface area contributed by atoms with Crippen LogP contribution < -0.4 is 10.2 Å². The molecule has 1 amide bonds. The van der Waals surface area contributed by atoms with Crippen molar-refractivity contribution < 1.29 is 9.53 Å². The van der Waals surface area contributed by atoms with Gasteiger partial charge in [-0.05, 0) is 57.2 Å². The Bertz CT molecular complexity index is 613. The molecule has 2 aromatic rings. The molecule has 0 aliphatic rings. The van der Waals surface area contributed by atoms with Crippen LogP contribution in [0, 0.1) is 0 Å². The molecular weight excluding hydrogens is 266 g/mol. The molecule has 0 saturated carbocycles. The average molecular weight is 285 g/mol. The Kier molecular flexibility index (Phi) is 4.77. The Balaban J connectivity index is 1.99. The van der Waals surface area contributed by atoms with E-state index in [1.165, 1.54) is 0 Å². The van der Waals surface area contributed by atoms with Crippen LogP contribution in [-0.2, 0) is 0 Å². The summed E-state index contributed by atoms with van der Waals surface area (Å²) < 4.78 is 5.53. The first-order valence-corrected chi connectivity index (χ1v) is 6.81. The molecule has 1 aromatic carbocycles. The van der Waals surface area contributed by atoms with Crippen LogP contribution in [-0.4, -0.2) is 22.7 Å². The zero-order valence-corrected chi connectivity index (χ0v) is 12.4. The maximum atomic E-state index is 12.0. The van der Waals surface area contributed by atoms with E-state index in [2.05, 4.69) is 15.5 Å². The van der Waals surface area contributed by atoms with Gasteiger partial charge in [-0.25, -0.2) is 5.43 Å². The fourth-order valence-electron chi connectivity index (χ4n) is 1.77. The maximum Gasteiger partial charge on any atom is 0.271 e. The molecule has 0 bridgehead atoms. The molecule has 2 N–H and O–H groups in total. The van der Waals surface area contributed by atoms with Gasteiger partial charge in [0.1, 0.15) is 5.75 Å². The molecule has 5 nitrogen and oxygen atoms in total. The smallest absolute Gasteiger partial charge is 0.271 e. The molecule has 0 fully saturated rings. The third-order valence-electron chi connectivity index (χ3n) is 2.80. The van der Waals surface area contributed by atoms with E-state index < -0.39 is 0 Å². The number of benzene rings is 1. The Morgan fingerprint density at radius 1 is 1.24 bits per heavy atom. The van der Waals surface area contributed by atoms with E-state index in [0.29, 0.717) is 11.3 Å². The summed E-state index contributed by atoms with van der Waals surface area (Å²) in [4.78, 5) is 15.0. The summed E-state index contributed by atoms with van der Waals surface area (Å²) in [6.07, 6.45) is 1.92. The number of hydrogen-bond acceptors (Lipinski definition) is 3. The van der Waals surface area contributed by atoms with E-state index in [1.807, 2.05) is 39.1 Å². The molecular formula is C16H19N3O2. The van der Waals surface area contributed by atoms with Gasteiger partial charge in [-0.15, -0.1) is 0 Å². The van der Waals surface area contributed by atoms with Crippen LogP contribution in [0.5, 0.6) is 5.75 Å². The summed E-state index contributed by atoms with van der Waals surface area (Å²) in [5.41, 5.74) is 4.66. The van der Waals surface area contributed by atoms with Gasteiger partial charge in [-0.1, -0.05) is 0 Å². The van der Waals surface area contributed by atoms with E-state index in [0.717, 1.165) is 11.4 Å². The fourth-order valence-corrected chi connectivity index (χ4v) is 1.77. The average Bonchev–Trinajstić information content (AvgIpc) is 2.99. The summed E-state index contributed by atoms with van der Waals surface area (Å²) >= 11 is 0. The number of nitrogens with one attached hydrogen (secondary N) is 2. The minimum Gasteiger partial charge on any atom is -0.491 e. The van der Waals surface area contributed by atoms with Crippen LogP contribution in [0.25, 0.3) is 0 Å². The number of aromatic nitrogens is 1. The lowest BCUT2D eigenvalue weighted by Gasteiger charge is -2.09. The van der Waals surface area contributed by atoms with E-state index in [9.17, 15) is 4.79 Å². The van der Waals surface area contributed by atoms with Crippen molar-refractivity contribution in [2.75, 3.05) is 0 Å². The third-order valence-corrected chi connectivity index (χ3v) is 2.80. The molecule has 1 heterocycles. The van der Waals surface area contributed by atoms with Crippen LogP contribution in [0.1, 0.15) is 36.8 Å². The molecule has 2 rings (SSSR count). The summed E-state index contributed by atoms with van der Waals surface area (Å²) in [7, 11) is 0. The van der Waals surface area contributed by atoms with Gasteiger partial charge in [0.2, 0.25) is 0 Å². The highest BCUT2D eigenvalue weighted by Gasteiger charge is 2.06. The van der Waals surface area contributed by atoms with Gasteiger partial charge in [-0.3, -0.25) is 4.79 Å². The number of nitrogens with zero attached hydrogens (tertiary/aromatic N) is 1. The van der Waals surface area contributed by atoms with Crippen LogP contribution >= 0.6 is 0 Å². The highest BCUT2D eigenvalue weighted by Crippen LogP contribution is 2.13. The molecule has 21 heavy (non-hydrogen) atoms. The Morgan fingerprint density at radius 2 is 1.95 bits per heavy atom. The number of hydrazone groups is 1. The molecule has 0 aliphatic carbocycles. The van der Waals surface area contributed by atoms with Crippen molar-refractivity contribution in [1.82, 2.24) is 10.4 Å². The predicted molar refractivity (Wildman–Crippen MR) is 82.7 cm³/mol. The Hall–Kier alpha value is -2.56. The zero-order valence-electron chi connectivity index (χ0n) is 12.4. The largest absolute Gasteiger partial charge is 0.491 e. The van der Waals surface area contributed by atoms with Crippen molar-refractivity contribution in [1.29, 1.82) is 0 Å². The Morgan fingerprint density at radius 3 is 2.52 bits per heavy atom.